The Labute approximate surface area is 120 Å². The molecule has 0 saturated carbocycles. The zero-order valence-electron chi connectivity index (χ0n) is 12.7. The Morgan fingerprint density at radius 2 is 2.00 bits per heavy atom. The number of rotatable bonds is 5. The molecule has 4 nitrogen and oxygen atoms in total. The first-order valence-electron chi connectivity index (χ1n) is 6.85. The molecule has 4 heteroatoms. The van der Waals surface area contributed by atoms with Crippen molar-refractivity contribution < 1.29 is 4.74 Å². The van der Waals surface area contributed by atoms with Crippen molar-refractivity contribution in [2.24, 2.45) is 0 Å². The second-order valence-corrected chi connectivity index (χ2v) is 5.93. The van der Waals surface area contributed by atoms with E-state index in [1.54, 1.807) is 7.11 Å². The fraction of sp³-hybridized carbons (Fsp3) is 0.438. The number of hydrogen-bond donors (Lipinski definition) is 1. The average molecular weight is 273 g/mol. The lowest BCUT2D eigenvalue weighted by atomic mass is 10.1. The van der Waals surface area contributed by atoms with Crippen LogP contribution in [0.4, 0.5) is 0 Å². The van der Waals surface area contributed by atoms with E-state index >= 15 is 0 Å². The summed E-state index contributed by atoms with van der Waals surface area (Å²) in [5.41, 5.74) is 2.43. The van der Waals surface area contributed by atoms with Crippen LogP contribution >= 0.6 is 0 Å². The van der Waals surface area contributed by atoms with Crippen molar-refractivity contribution in [2.75, 3.05) is 7.11 Å². The van der Waals surface area contributed by atoms with Gasteiger partial charge in [0.05, 0.1) is 25.7 Å². The highest BCUT2D eigenvalue weighted by Crippen LogP contribution is 2.19. The first kappa shape index (κ1) is 14.6. The van der Waals surface area contributed by atoms with Gasteiger partial charge in [-0.1, -0.05) is 18.2 Å². The molecule has 0 fully saturated rings. The lowest BCUT2D eigenvalue weighted by molar-refractivity contribution is 0.405. The molecule has 0 unspecified atom stereocenters. The lowest BCUT2D eigenvalue weighted by Gasteiger charge is -2.21. The topological polar surface area (TPSA) is 39.1 Å². The minimum absolute atomic E-state index is 0.0968. The maximum Gasteiger partial charge on any atom is 0.123 e. The van der Waals surface area contributed by atoms with Crippen LogP contribution in [0.1, 0.15) is 32.0 Å². The van der Waals surface area contributed by atoms with Gasteiger partial charge in [-0.3, -0.25) is 0 Å². The Hall–Kier alpha value is -1.81. The van der Waals surface area contributed by atoms with Crippen LogP contribution in [0.2, 0.25) is 0 Å². The van der Waals surface area contributed by atoms with Gasteiger partial charge >= 0.3 is 0 Å². The van der Waals surface area contributed by atoms with Crippen LogP contribution in [-0.4, -0.2) is 22.2 Å². The van der Waals surface area contributed by atoms with E-state index in [2.05, 4.69) is 41.7 Å². The second-order valence-electron chi connectivity index (χ2n) is 5.93. The maximum atomic E-state index is 5.40. The summed E-state index contributed by atoms with van der Waals surface area (Å²) in [4.78, 5) is 4.26. The normalized spacial score (nSPS) is 11.6. The minimum Gasteiger partial charge on any atom is -0.496 e. The predicted molar refractivity (Wildman–Crippen MR) is 80.9 cm³/mol. The molecule has 108 valence electrons. The van der Waals surface area contributed by atoms with E-state index in [1.807, 2.05) is 30.7 Å². The summed E-state index contributed by atoms with van der Waals surface area (Å²) < 4.78 is 7.55. The van der Waals surface area contributed by atoms with E-state index in [9.17, 15) is 0 Å². The highest BCUT2D eigenvalue weighted by molar-refractivity contribution is 5.33. The molecule has 1 heterocycles. The number of nitrogens with zero attached hydrogens (tertiary/aromatic N) is 2. The fourth-order valence-corrected chi connectivity index (χ4v) is 2.01. The average Bonchev–Trinajstić information content (AvgIpc) is 2.83. The fourth-order valence-electron chi connectivity index (χ4n) is 2.01. The third-order valence-electron chi connectivity index (χ3n) is 3.13. The van der Waals surface area contributed by atoms with Crippen molar-refractivity contribution in [3.05, 3.63) is 48.0 Å². The number of nitrogens with one attached hydrogen (secondary N) is 1. The Bertz CT molecular complexity index is 555. The van der Waals surface area contributed by atoms with E-state index in [1.165, 1.54) is 5.69 Å². The summed E-state index contributed by atoms with van der Waals surface area (Å²) >= 11 is 0. The molecular formula is C16H23N3O. The van der Waals surface area contributed by atoms with Gasteiger partial charge in [-0.25, -0.2) is 4.98 Å². The van der Waals surface area contributed by atoms with Gasteiger partial charge in [0.1, 0.15) is 5.75 Å². The second kappa shape index (κ2) is 6.09. The SMILES string of the molecule is COc1ccccc1Cn1cncc1CNC(C)(C)C. The molecule has 0 bridgehead atoms. The van der Waals surface area contributed by atoms with E-state index in [4.69, 9.17) is 4.74 Å². The van der Waals surface area contributed by atoms with Crippen LogP contribution in [0.5, 0.6) is 5.75 Å². The van der Waals surface area contributed by atoms with Gasteiger partial charge in [0.2, 0.25) is 0 Å². The molecule has 0 radical (unpaired) electrons. The molecule has 1 aromatic carbocycles. The zero-order valence-corrected chi connectivity index (χ0v) is 12.7. The summed E-state index contributed by atoms with van der Waals surface area (Å²) in [6.07, 6.45) is 3.78. The number of para-hydroxylation sites is 1. The molecule has 0 spiro atoms. The van der Waals surface area contributed by atoms with Crippen molar-refractivity contribution in [3.63, 3.8) is 0 Å². The van der Waals surface area contributed by atoms with Crippen molar-refractivity contribution in [1.29, 1.82) is 0 Å². The van der Waals surface area contributed by atoms with Gasteiger partial charge in [-0.2, -0.15) is 0 Å². The highest BCUT2D eigenvalue weighted by Gasteiger charge is 2.11. The molecule has 1 aromatic heterocycles. The maximum absolute atomic E-state index is 5.40. The van der Waals surface area contributed by atoms with Crippen molar-refractivity contribution in [1.82, 2.24) is 14.9 Å². The number of benzene rings is 1. The molecule has 0 atom stereocenters. The number of methoxy groups -OCH3 is 1. The first-order valence-corrected chi connectivity index (χ1v) is 6.85. The van der Waals surface area contributed by atoms with Gasteiger partial charge < -0.3 is 14.6 Å². The summed E-state index contributed by atoms with van der Waals surface area (Å²) in [7, 11) is 1.70. The van der Waals surface area contributed by atoms with Gasteiger partial charge in [0.15, 0.2) is 0 Å². The monoisotopic (exact) mass is 273 g/mol. The van der Waals surface area contributed by atoms with Crippen LogP contribution in [0.25, 0.3) is 0 Å². The minimum atomic E-state index is 0.0968. The van der Waals surface area contributed by atoms with Crippen LogP contribution in [0, 0.1) is 0 Å². The van der Waals surface area contributed by atoms with Crippen molar-refractivity contribution >= 4 is 0 Å². The Morgan fingerprint density at radius 3 is 2.70 bits per heavy atom. The molecule has 20 heavy (non-hydrogen) atoms. The highest BCUT2D eigenvalue weighted by atomic mass is 16.5. The lowest BCUT2D eigenvalue weighted by Crippen LogP contribution is -2.35. The Morgan fingerprint density at radius 1 is 1.25 bits per heavy atom. The molecule has 0 aliphatic carbocycles. The molecule has 2 rings (SSSR count). The van der Waals surface area contributed by atoms with Crippen LogP contribution in [-0.2, 0) is 13.1 Å². The number of imidazole rings is 1. The van der Waals surface area contributed by atoms with E-state index < -0.39 is 0 Å². The quantitative estimate of drug-likeness (QED) is 0.910. The standard InChI is InChI=1S/C16H23N3O/c1-16(2,3)18-10-14-9-17-12-19(14)11-13-7-5-6-8-15(13)20-4/h5-9,12,18H,10-11H2,1-4H3. The number of hydrogen-bond acceptors (Lipinski definition) is 3. The first-order chi connectivity index (χ1) is 9.49. The summed E-state index contributed by atoms with van der Waals surface area (Å²) in [5, 5.41) is 3.49. The van der Waals surface area contributed by atoms with Crippen LogP contribution in [0.15, 0.2) is 36.8 Å². The molecule has 2 aromatic rings. The Kier molecular flexibility index (Phi) is 4.45. The largest absolute Gasteiger partial charge is 0.496 e. The van der Waals surface area contributed by atoms with E-state index in [0.717, 1.165) is 24.4 Å². The zero-order chi connectivity index (χ0) is 14.6. The number of ether oxygens (including phenoxy) is 1. The van der Waals surface area contributed by atoms with Crippen molar-refractivity contribution in [2.45, 2.75) is 39.4 Å². The van der Waals surface area contributed by atoms with Crippen LogP contribution in [0.3, 0.4) is 0 Å². The van der Waals surface area contributed by atoms with Gasteiger partial charge in [-0.05, 0) is 26.8 Å². The smallest absolute Gasteiger partial charge is 0.123 e. The molecule has 0 aliphatic rings. The number of aromatic nitrogens is 2. The van der Waals surface area contributed by atoms with E-state index in [-0.39, 0.29) is 5.54 Å². The third-order valence-corrected chi connectivity index (χ3v) is 3.13. The van der Waals surface area contributed by atoms with Gasteiger partial charge in [0.25, 0.3) is 0 Å². The summed E-state index contributed by atoms with van der Waals surface area (Å²) in [6.45, 7) is 8.06. The predicted octanol–water partition coefficient (Wildman–Crippen LogP) is 2.83. The van der Waals surface area contributed by atoms with Gasteiger partial charge in [-0.15, -0.1) is 0 Å². The summed E-state index contributed by atoms with van der Waals surface area (Å²) in [6, 6.07) is 8.08. The molecular weight excluding hydrogens is 250 g/mol. The molecule has 0 amide bonds. The summed E-state index contributed by atoms with van der Waals surface area (Å²) in [5.74, 6) is 0.913. The van der Waals surface area contributed by atoms with E-state index in [0.29, 0.717) is 0 Å². The molecule has 0 saturated heterocycles. The van der Waals surface area contributed by atoms with Crippen LogP contribution < -0.4 is 10.1 Å². The third kappa shape index (κ3) is 3.84. The molecule has 0 aliphatic heterocycles. The Balaban J connectivity index is 2.12. The van der Waals surface area contributed by atoms with Gasteiger partial charge in [0, 0.05) is 23.8 Å². The van der Waals surface area contributed by atoms with Crippen molar-refractivity contribution in [3.8, 4) is 5.75 Å². The molecule has 1 N–H and O–H groups in total.